The topological polar surface area (TPSA) is 96.4 Å². The van der Waals surface area contributed by atoms with Crippen molar-refractivity contribution in [3.8, 4) is 17.2 Å². The Morgan fingerprint density at radius 3 is 2.52 bits per heavy atom. The van der Waals surface area contributed by atoms with Crippen LogP contribution in [0.4, 0.5) is 0 Å². The Bertz CT molecular complexity index is 1110. The number of phenolic OH excluding ortho intramolecular Hbond substituents is 1. The smallest absolute Gasteiger partial charge is 0.254 e. The second kappa shape index (κ2) is 8.57. The second-order valence-electron chi connectivity index (χ2n) is 7.50. The van der Waals surface area contributed by atoms with E-state index in [4.69, 9.17) is 21.1 Å². The predicted octanol–water partition coefficient (Wildman–Crippen LogP) is 2.66. The molecule has 10 heteroatoms. The summed E-state index contributed by atoms with van der Waals surface area (Å²) in [4.78, 5) is 14.5. The lowest BCUT2D eigenvalue weighted by atomic mass is 10.1. The van der Waals surface area contributed by atoms with Crippen molar-refractivity contribution >= 4 is 27.5 Å². The Balaban J connectivity index is 1.49. The molecule has 2 aliphatic rings. The van der Waals surface area contributed by atoms with Gasteiger partial charge in [-0.1, -0.05) is 17.7 Å². The third-order valence-corrected chi connectivity index (χ3v) is 7.52. The molecule has 1 fully saturated rings. The highest BCUT2D eigenvalue weighted by Crippen LogP contribution is 2.38. The van der Waals surface area contributed by atoms with Crippen LogP contribution in [0.15, 0.2) is 35.2 Å². The van der Waals surface area contributed by atoms with Crippen molar-refractivity contribution in [2.75, 3.05) is 39.4 Å². The van der Waals surface area contributed by atoms with Gasteiger partial charge in [-0.25, -0.2) is 8.42 Å². The molecule has 0 saturated carbocycles. The van der Waals surface area contributed by atoms with Crippen LogP contribution in [-0.2, 0) is 10.0 Å². The average Bonchev–Trinajstić information content (AvgIpc) is 3.01. The van der Waals surface area contributed by atoms with Crippen molar-refractivity contribution < 1.29 is 27.8 Å². The van der Waals surface area contributed by atoms with E-state index in [9.17, 15) is 18.3 Å². The van der Waals surface area contributed by atoms with Crippen LogP contribution in [0.2, 0.25) is 5.02 Å². The number of ether oxygens (including phenoxy) is 2. The molecule has 2 heterocycles. The molecule has 0 spiro atoms. The Morgan fingerprint density at radius 1 is 1.06 bits per heavy atom. The minimum atomic E-state index is -3.86. The summed E-state index contributed by atoms with van der Waals surface area (Å²) in [6, 6.07) is 7.62. The zero-order valence-electron chi connectivity index (χ0n) is 17.0. The van der Waals surface area contributed by atoms with Crippen LogP contribution < -0.4 is 9.47 Å². The predicted molar refractivity (Wildman–Crippen MR) is 115 cm³/mol. The molecule has 0 bridgehead atoms. The van der Waals surface area contributed by atoms with Crippen molar-refractivity contribution in [3.05, 3.63) is 46.5 Å². The summed E-state index contributed by atoms with van der Waals surface area (Å²) in [7, 11) is -3.86. The summed E-state index contributed by atoms with van der Waals surface area (Å²) in [6.45, 7) is 3.42. The Labute approximate surface area is 186 Å². The number of phenols is 1. The van der Waals surface area contributed by atoms with Gasteiger partial charge in [0, 0.05) is 38.2 Å². The van der Waals surface area contributed by atoms with E-state index < -0.39 is 10.0 Å². The number of halogens is 1. The lowest BCUT2D eigenvalue weighted by molar-refractivity contribution is 0.0697. The average molecular weight is 467 g/mol. The summed E-state index contributed by atoms with van der Waals surface area (Å²) < 4.78 is 38.4. The molecular formula is C21H23ClN2O6S. The maximum Gasteiger partial charge on any atom is 0.254 e. The van der Waals surface area contributed by atoms with E-state index in [0.717, 1.165) is 12.0 Å². The van der Waals surface area contributed by atoms with Crippen molar-refractivity contribution in [1.82, 2.24) is 9.21 Å². The fourth-order valence-corrected chi connectivity index (χ4v) is 5.49. The summed E-state index contributed by atoms with van der Waals surface area (Å²) in [5, 5.41) is 10.3. The minimum Gasteiger partial charge on any atom is -0.507 e. The molecule has 0 unspecified atom stereocenters. The molecule has 2 aromatic rings. The monoisotopic (exact) mass is 466 g/mol. The number of aromatic hydroxyl groups is 1. The molecule has 2 aliphatic heterocycles. The number of aryl methyl sites for hydroxylation is 1. The molecule has 1 saturated heterocycles. The molecule has 0 atom stereocenters. The first-order valence-corrected chi connectivity index (χ1v) is 11.8. The number of hydrogen-bond acceptors (Lipinski definition) is 6. The number of benzene rings is 2. The fraction of sp³-hybridized carbons (Fsp3) is 0.381. The van der Waals surface area contributed by atoms with Gasteiger partial charge >= 0.3 is 0 Å². The van der Waals surface area contributed by atoms with Crippen molar-refractivity contribution in [1.29, 1.82) is 0 Å². The zero-order chi connectivity index (χ0) is 22.2. The van der Waals surface area contributed by atoms with Crippen LogP contribution >= 0.6 is 11.6 Å². The minimum absolute atomic E-state index is 0.123. The molecule has 166 valence electrons. The van der Waals surface area contributed by atoms with E-state index in [2.05, 4.69) is 0 Å². The van der Waals surface area contributed by atoms with Crippen LogP contribution in [0.25, 0.3) is 0 Å². The molecule has 0 radical (unpaired) electrons. The van der Waals surface area contributed by atoms with Gasteiger partial charge in [0.05, 0.1) is 18.2 Å². The van der Waals surface area contributed by atoms with E-state index in [1.54, 1.807) is 30.0 Å². The SMILES string of the molecule is Cc1ccc(O)c(S(=O)(=O)N2CCN(C(=O)c3cc(Cl)c4c(c3)OCCCO4)CC2)c1. The molecule has 8 nitrogen and oxygen atoms in total. The van der Waals surface area contributed by atoms with Gasteiger partial charge in [-0.3, -0.25) is 4.79 Å². The van der Waals surface area contributed by atoms with E-state index in [-0.39, 0.29) is 42.7 Å². The van der Waals surface area contributed by atoms with Crippen LogP contribution in [-0.4, -0.2) is 68.0 Å². The number of hydrogen-bond donors (Lipinski definition) is 1. The van der Waals surface area contributed by atoms with Gasteiger partial charge in [-0.15, -0.1) is 0 Å². The first-order chi connectivity index (χ1) is 14.8. The van der Waals surface area contributed by atoms with E-state index >= 15 is 0 Å². The molecule has 1 N–H and O–H groups in total. The molecular weight excluding hydrogens is 444 g/mol. The molecule has 2 aromatic carbocycles. The number of carbonyl (C=O) groups is 1. The number of piperazine rings is 1. The van der Waals surface area contributed by atoms with Gasteiger partial charge in [0.1, 0.15) is 10.6 Å². The van der Waals surface area contributed by atoms with Gasteiger partial charge in [-0.05, 0) is 36.8 Å². The Morgan fingerprint density at radius 2 is 1.77 bits per heavy atom. The first kappa shape index (κ1) is 21.7. The Kier molecular flexibility index (Phi) is 6.00. The maximum absolute atomic E-state index is 13.0. The lowest BCUT2D eigenvalue weighted by Gasteiger charge is -2.34. The number of sulfonamides is 1. The largest absolute Gasteiger partial charge is 0.507 e. The van der Waals surface area contributed by atoms with Crippen LogP contribution in [0.3, 0.4) is 0 Å². The summed E-state index contributed by atoms with van der Waals surface area (Å²) in [5.41, 5.74) is 1.10. The number of carbonyl (C=O) groups excluding carboxylic acids is 1. The highest BCUT2D eigenvalue weighted by atomic mass is 35.5. The Hall–Kier alpha value is -2.49. The molecule has 0 aromatic heterocycles. The van der Waals surface area contributed by atoms with Crippen molar-refractivity contribution in [2.45, 2.75) is 18.2 Å². The maximum atomic E-state index is 13.0. The van der Waals surface area contributed by atoms with Gasteiger partial charge in [0.15, 0.2) is 11.5 Å². The zero-order valence-corrected chi connectivity index (χ0v) is 18.6. The number of fused-ring (bicyclic) bond motifs is 1. The fourth-order valence-electron chi connectivity index (χ4n) is 3.64. The third-order valence-electron chi connectivity index (χ3n) is 5.31. The van der Waals surface area contributed by atoms with E-state index in [1.165, 1.54) is 16.4 Å². The van der Waals surface area contributed by atoms with Crippen molar-refractivity contribution in [3.63, 3.8) is 0 Å². The normalized spacial score (nSPS) is 17.3. The van der Waals surface area contributed by atoms with Gasteiger partial charge in [0.2, 0.25) is 10.0 Å². The summed E-state index contributed by atoms with van der Waals surface area (Å²) in [5.74, 6) is 0.327. The van der Waals surface area contributed by atoms with E-state index in [1.807, 2.05) is 0 Å². The molecule has 0 aliphatic carbocycles. The highest BCUT2D eigenvalue weighted by Gasteiger charge is 2.32. The summed E-state index contributed by atoms with van der Waals surface area (Å²) in [6.07, 6.45) is 0.723. The van der Waals surface area contributed by atoms with Gasteiger partial charge in [0.25, 0.3) is 5.91 Å². The standard InChI is InChI=1S/C21H23ClN2O6S/c1-14-3-4-17(25)19(11-14)31(27,28)24-7-5-23(6-8-24)21(26)15-12-16(22)20-18(13-15)29-9-2-10-30-20/h3-4,11-13,25H,2,5-10H2,1H3. The molecule has 4 rings (SSSR count). The van der Waals surface area contributed by atoms with Crippen molar-refractivity contribution in [2.24, 2.45) is 0 Å². The number of amides is 1. The molecule has 1 amide bonds. The number of rotatable bonds is 3. The lowest BCUT2D eigenvalue weighted by Crippen LogP contribution is -2.50. The number of nitrogens with zero attached hydrogens (tertiary/aromatic N) is 2. The van der Waals surface area contributed by atoms with Gasteiger partial charge < -0.3 is 19.5 Å². The second-order valence-corrected chi connectivity index (χ2v) is 9.82. The van der Waals surface area contributed by atoms with Crippen LogP contribution in [0, 0.1) is 6.92 Å². The van der Waals surface area contributed by atoms with Crippen LogP contribution in [0.1, 0.15) is 22.3 Å². The first-order valence-electron chi connectivity index (χ1n) is 9.95. The quantitative estimate of drug-likeness (QED) is 0.747. The highest BCUT2D eigenvalue weighted by molar-refractivity contribution is 7.89. The van der Waals surface area contributed by atoms with E-state index in [0.29, 0.717) is 35.3 Å². The summed E-state index contributed by atoms with van der Waals surface area (Å²) >= 11 is 6.29. The molecule has 31 heavy (non-hydrogen) atoms. The third kappa shape index (κ3) is 4.30. The van der Waals surface area contributed by atoms with Crippen LogP contribution in [0.5, 0.6) is 17.2 Å². The van der Waals surface area contributed by atoms with Gasteiger partial charge in [-0.2, -0.15) is 4.31 Å².